The third kappa shape index (κ3) is 2.12. The van der Waals surface area contributed by atoms with Gasteiger partial charge in [-0.15, -0.1) is 11.6 Å². The molecule has 0 radical (unpaired) electrons. The molecule has 0 bridgehead atoms. The Morgan fingerprint density at radius 2 is 1.79 bits per heavy atom. The lowest BCUT2D eigenvalue weighted by molar-refractivity contribution is 0.0692. The molecule has 0 saturated carbocycles. The minimum absolute atomic E-state index is 0.00926. The number of ketones is 1. The number of rotatable bonds is 3. The fraction of sp³-hybridized carbons (Fsp3) is 0.200. The third-order valence-corrected chi connectivity index (χ3v) is 1.98. The van der Waals surface area contributed by atoms with Gasteiger partial charge in [0.25, 0.3) is 0 Å². The summed E-state index contributed by atoms with van der Waals surface area (Å²) in [4.78, 5) is 22.2. The molecule has 1 atom stereocenters. The topological polar surface area (TPSA) is 54.4 Å². The van der Waals surface area contributed by atoms with Crippen LogP contribution in [0.2, 0.25) is 0 Å². The maximum Gasteiger partial charge on any atom is 0.336 e. The summed E-state index contributed by atoms with van der Waals surface area (Å²) >= 11 is 5.60. The number of carbonyl (C=O) groups is 2. The van der Waals surface area contributed by atoms with Gasteiger partial charge in [0.2, 0.25) is 0 Å². The van der Waals surface area contributed by atoms with Gasteiger partial charge in [-0.1, -0.05) is 18.2 Å². The van der Waals surface area contributed by atoms with Crippen LogP contribution in [0, 0.1) is 0 Å². The molecule has 1 unspecified atom stereocenters. The van der Waals surface area contributed by atoms with Crippen LogP contribution in [0.5, 0.6) is 0 Å². The number of carboxylic acid groups (broad SMARTS) is 1. The first-order valence-corrected chi connectivity index (χ1v) is 4.48. The lowest BCUT2D eigenvalue weighted by Gasteiger charge is -2.05. The van der Waals surface area contributed by atoms with E-state index in [4.69, 9.17) is 16.7 Å². The van der Waals surface area contributed by atoms with Gasteiger partial charge in [-0.3, -0.25) is 4.79 Å². The minimum Gasteiger partial charge on any atom is -0.478 e. The van der Waals surface area contributed by atoms with Crippen LogP contribution < -0.4 is 0 Å². The second kappa shape index (κ2) is 4.24. The first kappa shape index (κ1) is 10.7. The van der Waals surface area contributed by atoms with Gasteiger partial charge >= 0.3 is 5.97 Å². The summed E-state index contributed by atoms with van der Waals surface area (Å²) in [7, 11) is 0. The number of carbonyl (C=O) groups excluding carboxylic acids is 1. The van der Waals surface area contributed by atoms with Gasteiger partial charge in [-0.05, 0) is 13.0 Å². The van der Waals surface area contributed by atoms with Crippen LogP contribution in [0.25, 0.3) is 0 Å². The predicted molar refractivity (Wildman–Crippen MR) is 53.0 cm³/mol. The number of Topliss-reactive ketones (excluding diaryl/α,β-unsaturated/α-hetero) is 1. The van der Waals surface area contributed by atoms with Crippen LogP contribution >= 0.6 is 11.6 Å². The summed E-state index contributed by atoms with van der Waals surface area (Å²) < 4.78 is 0. The minimum atomic E-state index is -1.12. The molecule has 0 aliphatic heterocycles. The van der Waals surface area contributed by atoms with E-state index in [1.54, 1.807) is 12.1 Å². The summed E-state index contributed by atoms with van der Waals surface area (Å²) in [6.07, 6.45) is 0. The number of aromatic carboxylic acids is 1. The first-order chi connectivity index (χ1) is 6.54. The second-order valence-corrected chi connectivity index (χ2v) is 3.49. The molecule has 3 nitrogen and oxygen atoms in total. The zero-order chi connectivity index (χ0) is 10.7. The molecule has 0 heterocycles. The predicted octanol–water partition coefficient (Wildman–Crippen LogP) is 2.19. The fourth-order valence-electron chi connectivity index (χ4n) is 1.10. The van der Waals surface area contributed by atoms with E-state index in [1.165, 1.54) is 19.1 Å². The monoisotopic (exact) mass is 212 g/mol. The van der Waals surface area contributed by atoms with E-state index in [9.17, 15) is 9.59 Å². The van der Waals surface area contributed by atoms with Gasteiger partial charge in [-0.2, -0.15) is 0 Å². The Morgan fingerprint density at radius 1 is 1.29 bits per heavy atom. The number of benzene rings is 1. The van der Waals surface area contributed by atoms with E-state index >= 15 is 0 Å². The molecule has 0 aromatic heterocycles. The van der Waals surface area contributed by atoms with Gasteiger partial charge in [-0.25, -0.2) is 4.79 Å². The molecule has 0 aliphatic carbocycles. The lowest BCUT2D eigenvalue weighted by Crippen LogP contribution is -2.15. The van der Waals surface area contributed by atoms with Crippen LogP contribution in [-0.2, 0) is 0 Å². The molecule has 1 aromatic rings. The SMILES string of the molecule is CC(Cl)C(=O)c1ccccc1C(=O)O. The number of hydrogen-bond acceptors (Lipinski definition) is 2. The number of halogens is 1. The highest BCUT2D eigenvalue weighted by molar-refractivity contribution is 6.34. The molecule has 14 heavy (non-hydrogen) atoms. The fourth-order valence-corrected chi connectivity index (χ4v) is 1.22. The highest BCUT2D eigenvalue weighted by Gasteiger charge is 2.18. The van der Waals surface area contributed by atoms with E-state index in [-0.39, 0.29) is 16.9 Å². The molecule has 1 aromatic carbocycles. The normalized spacial score (nSPS) is 12.1. The first-order valence-electron chi connectivity index (χ1n) is 4.04. The number of alkyl halides is 1. The lowest BCUT2D eigenvalue weighted by atomic mass is 10.0. The van der Waals surface area contributed by atoms with Crippen LogP contribution in [0.15, 0.2) is 24.3 Å². The summed E-state index contributed by atoms with van der Waals surface area (Å²) in [5, 5.41) is 8.09. The maximum absolute atomic E-state index is 11.5. The van der Waals surface area contributed by atoms with Gasteiger partial charge in [0.1, 0.15) is 0 Å². The van der Waals surface area contributed by atoms with E-state index in [2.05, 4.69) is 0 Å². The molecule has 1 N–H and O–H groups in total. The van der Waals surface area contributed by atoms with Crippen molar-refractivity contribution in [2.75, 3.05) is 0 Å². The summed E-state index contributed by atoms with van der Waals surface area (Å²) in [6, 6.07) is 6.03. The summed E-state index contributed by atoms with van der Waals surface area (Å²) in [5.41, 5.74) is 0.146. The largest absolute Gasteiger partial charge is 0.478 e. The molecular formula is C10H9ClO3. The summed E-state index contributed by atoms with van der Waals surface area (Å²) in [5.74, 6) is -1.49. The van der Waals surface area contributed by atoms with E-state index < -0.39 is 11.3 Å². The van der Waals surface area contributed by atoms with Crippen molar-refractivity contribution in [1.82, 2.24) is 0 Å². The van der Waals surface area contributed by atoms with Crippen LogP contribution in [0.3, 0.4) is 0 Å². The van der Waals surface area contributed by atoms with Crippen molar-refractivity contribution in [2.45, 2.75) is 12.3 Å². The van der Waals surface area contributed by atoms with Gasteiger partial charge in [0.15, 0.2) is 5.78 Å². The molecule has 0 spiro atoms. The highest BCUT2D eigenvalue weighted by atomic mass is 35.5. The maximum atomic E-state index is 11.5. The Labute approximate surface area is 86.3 Å². The van der Waals surface area contributed by atoms with E-state index in [0.29, 0.717) is 0 Å². The van der Waals surface area contributed by atoms with Crippen molar-refractivity contribution in [1.29, 1.82) is 0 Å². The van der Waals surface area contributed by atoms with Crippen LogP contribution in [0.1, 0.15) is 27.6 Å². The van der Waals surface area contributed by atoms with Gasteiger partial charge in [0.05, 0.1) is 10.9 Å². The molecule has 0 aliphatic rings. The van der Waals surface area contributed by atoms with Gasteiger partial charge in [0, 0.05) is 5.56 Å². The molecule has 0 fully saturated rings. The Bertz CT molecular complexity index is 371. The summed E-state index contributed by atoms with van der Waals surface area (Å²) in [6.45, 7) is 1.52. The average Bonchev–Trinajstić information content (AvgIpc) is 2.16. The Balaban J connectivity index is 3.20. The van der Waals surface area contributed by atoms with E-state index in [0.717, 1.165) is 0 Å². The average molecular weight is 213 g/mol. The van der Waals surface area contributed by atoms with Gasteiger partial charge < -0.3 is 5.11 Å². The van der Waals surface area contributed by atoms with E-state index in [1.807, 2.05) is 0 Å². The quantitative estimate of drug-likeness (QED) is 0.617. The smallest absolute Gasteiger partial charge is 0.336 e. The van der Waals surface area contributed by atoms with Crippen molar-refractivity contribution in [3.8, 4) is 0 Å². The van der Waals surface area contributed by atoms with Crippen molar-refractivity contribution >= 4 is 23.4 Å². The second-order valence-electron chi connectivity index (χ2n) is 2.83. The zero-order valence-corrected chi connectivity index (χ0v) is 8.28. The number of hydrogen-bond donors (Lipinski definition) is 1. The zero-order valence-electron chi connectivity index (χ0n) is 7.53. The third-order valence-electron chi connectivity index (χ3n) is 1.78. The molecule has 4 heteroatoms. The van der Waals surface area contributed by atoms with Crippen molar-refractivity contribution in [2.24, 2.45) is 0 Å². The Morgan fingerprint density at radius 3 is 2.21 bits per heavy atom. The molecule has 0 amide bonds. The Hall–Kier alpha value is -1.35. The van der Waals surface area contributed by atoms with Crippen molar-refractivity contribution in [3.63, 3.8) is 0 Å². The molecule has 0 saturated heterocycles. The van der Waals surface area contributed by atoms with Crippen molar-refractivity contribution < 1.29 is 14.7 Å². The van der Waals surface area contributed by atoms with Crippen molar-refractivity contribution in [3.05, 3.63) is 35.4 Å². The molecule has 1 rings (SSSR count). The Kier molecular flexibility index (Phi) is 3.25. The standard InChI is InChI=1S/C10H9ClO3/c1-6(11)9(12)7-4-2-3-5-8(7)10(13)14/h2-6H,1H3,(H,13,14). The van der Waals surface area contributed by atoms with Crippen LogP contribution in [-0.4, -0.2) is 22.2 Å². The molecule has 74 valence electrons. The highest BCUT2D eigenvalue weighted by Crippen LogP contribution is 2.13. The molecular weight excluding hydrogens is 204 g/mol. The van der Waals surface area contributed by atoms with Crippen LogP contribution in [0.4, 0.5) is 0 Å². The number of carboxylic acids is 1.